The fourth-order valence-corrected chi connectivity index (χ4v) is 4.14. The molecular formula is C28H24N3O2+. The van der Waals surface area contributed by atoms with Crippen LogP contribution >= 0.6 is 0 Å². The minimum absolute atomic E-state index is 0.174. The Morgan fingerprint density at radius 2 is 1.58 bits per heavy atom. The fourth-order valence-electron chi connectivity index (χ4n) is 4.14. The van der Waals surface area contributed by atoms with Crippen molar-refractivity contribution in [2.24, 2.45) is 0 Å². The second kappa shape index (κ2) is 8.73. The topological polar surface area (TPSA) is 82.6 Å². The molecular weight excluding hydrogens is 410 g/mol. The SMILES string of the molecule is COc1ccccc1-c1c[nH]c(=O)c2cc(-c3ccccc3)c(-c3ccc(C[NH3+])cc3)nc12. The van der Waals surface area contributed by atoms with Crippen molar-refractivity contribution in [3.63, 3.8) is 0 Å². The van der Waals surface area contributed by atoms with Crippen molar-refractivity contribution in [3.8, 4) is 39.3 Å². The normalized spacial score (nSPS) is 11.0. The van der Waals surface area contributed by atoms with E-state index in [1.807, 2.05) is 60.7 Å². The van der Waals surface area contributed by atoms with E-state index in [0.717, 1.165) is 51.4 Å². The molecule has 0 unspecified atom stereocenters. The molecule has 162 valence electrons. The van der Waals surface area contributed by atoms with Crippen LogP contribution in [0.3, 0.4) is 0 Å². The number of benzene rings is 3. The van der Waals surface area contributed by atoms with Gasteiger partial charge in [-0.2, -0.15) is 0 Å². The third-order valence-electron chi connectivity index (χ3n) is 5.87. The lowest BCUT2D eigenvalue weighted by atomic mass is 9.95. The molecule has 0 atom stereocenters. The highest BCUT2D eigenvalue weighted by atomic mass is 16.5. The van der Waals surface area contributed by atoms with Crippen LogP contribution in [0.25, 0.3) is 44.4 Å². The highest BCUT2D eigenvalue weighted by Gasteiger charge is 2.17. The van der Waals surface area contributed by atoms with Gasteiger partial charge in [-0.3, -0.25) is 4.79 Å². The summed E-state index contributed by atoms with van der Waals surface area (Å²) < 4.78 is 5.59. The zero-order valence-corrected chi connectivity index (χ0v) is 18.3. The number of methoxy groups -OCH3 is 1. The van der Waals surface area contributed by atoms with Crippen LogP contribution in [-0.4, -0.2) is 17.1 Å². The van der Waals surface area contributed by atoms with Crippen LogP contribution in [0.5, 0.6) is 5.75 Å². The summed E-state index contributed by atoms with van der Waals surface area (Å²) in [7, 11) is 1.64. The molecule has 2 heterocycles. The Kier molecular flexibility index (Phi) is 5.47. The van der Waals surface area contributed by atoms with Gasteiger partial charge in [-0.05, 0) is 17.7 Å². The number of hydrogen-bond acceptors (Lipinski definition) is 3. The maximum absolute atomic E-state index is 12.9. The summed E-state index contributed by atoms with van der Waals surface area (Å²) in [5.74, 6) is 0.723. The largest absolute Gasteiger partial charge is 0.496 e. The van der Waals surface area contributed by atoms with Crippen LogP contribution in [-0.2, 0) is 6.54 Å². The summed E-state index contributed by atoms with van der Waals surface area (Å²) in [6.45, 7) is 0.726. The van der Waals surface area contributed by atoms with Gasteiger partial charge in [0.25, 0.3) is 5.56 Å². The van der Waals surface area contributed by atoms with Gasteiger partial charge >= 0.3 is 0 Å². The van der Waals surface area contributed by atoms with Crippen LogP contribution in [0, 0.1) is 0 Å². The molecule has 0 saturated carbocycles. The van der Waals surface area contributed by atoms with E-state index in [1.165, 1.54) is 0 Å². The van der Waals surface area contributed by atoms with Gasteiger partial charge < -0.3 is 15.5 Å². The zero-order valence-electron chi connectivity index (χ0n) is 18.3. The summed E-state index contributed by atoms with van der Waals surface area (Å²) >= 11 is 0. The quantitative estimate of drug-likeness (QED) is 0.422. The molecule has 2 aromatic heterocycles. The van der Waals surface area contributed by atoms with E-state index >= 15 is 0 Å². The molecule has 0 bridgehead atoms. The Hall–Kier alpha value is -4.22. The van der Waals surface area contributed by atoms with E-state index in [9.17, 15) is 4.79 Å². The highest BCUT2D eigenvalue weighted by Crippen LogP contribution is 2.37. The average Bonchev–Trinajstić information content (AvgIpc) is 2.89. The zero-order chi connectivity index (χ0) is 22.8. The third kappa shape index (κ3) is 3.79. The number of fused-ring (bicyclic) bond motifs is 1. The molecule has 3 aromatic carbocycles. The number of hydrogen-bond donors (Lipinski definition) is 2. The number of aromatic nitrogens is 2. The van der Waals surface area contributed by atoms with Crippen molar-refractivity contribution in [2.75, 3.05) is 7.11 Å². The Morgan fingerprint density at radius 3 is 2.30 bits per heavy atom. The first-order valence-electron chi connectivity index (χ1n) is 10.8. The average molecular weight is 435 g/mol. The molecule has 0 saturated heterocycles. The van der Waals surface area contributed by atoms with Crippen LogP contribution in [0.1, 0.15) is 5.56 Å². The molecule has 0 aliphatic rings. The highest BCUT2D eigenvalue weighted by molar-refractivity contribution is 5.99. The monoisotopic (exact) mass is 434 g/mol. The molecule has 33 heavy (non-hydrogen) atoms. The van der Waals surface area contributed by atoms with Crippen LogP contribution in [0.2, 0.25) is 0 Å². The number of nitrogens with one attached hydrogen (secondary N) is 1. The van der Waals surface area contributed by atoms with Crippen molar-refractivity contribution in [1.29, 1.82) is 0 Å². The number of quaternary nitrogens is 1. The lowest BCUT2D eigenvalue weighted by Crippen LogP contribution is -2.47. The standard InChI is InChI=1S/C28H23N3O2/c1-33-25-10-6-5-9-21(25)24-17-30-28(32)23-15-22(19-7-3-2-4-8-19)26(31-27(23)24)20-13-11-18(16-29)12-14-20/h2-15,17H,16,29H2,1H3,(H,30,32)/p+1. The van der Waals surface area contributed by atoms with Gasteiger partial charge in [-0.15, -0.1) is 0 Å². The van der Waals surface area contributed by atoms with Gasteiger partial charge in [0.05, 0.1) is 30.3 Å². The first-order valence-corrected chi connectivity index (χ1v) is 10.8. The van der Waals surface area contributed by atoms with E-state index in [1.54, 1.807) is 13.3 Å². The second-order valence-corrected chi connectivity index (χ2v) is 7.83. The smallest absolute Gasteiger partial charge is 0.257 e. The summed E-state index contributed by atoms with van der Waals surface area (Å²) in [4.78, 5) is 20.9. The van der Waals surface area contributed by atoms with Crippen molar-refractivity contribution in [1.82, 2.24) is 9.97 Å². The molecule has 0 aliphatic carbocycles. The van der Waals surface area contributed by atoms with Crippen molar-refractivity contribution in [2.45, 2.75) is 6.54 Å². The molecule has 4 N–H and O–H groups in total. The van der Waals surface area contributed by atoms with Gasteiger partial charge in [-0.1, -0.05) is 72.8 Å². The summed E-state index contributed by atoms with van der Waals surface area (Å²) in [6, 6.07) is 28.0. The Bertz CT molecular complexity index is 1490. The molecule has 0 radical (unpaired) electrons. The Morgan fingerprint density at radius 1 is 0.848 bits per heavy atom. The first-order chi connectivity index (χ1) is 16.2. The van der Waals surface area contributed by atoms with E-state index in [4.69, 9.17) is 9.72 Å². The van der Waals surface area contributed by atoms with E-state index < -0.39 is 0 Å². The maximum atomic E-state index is 12.9. The third-order valence-corrected chi connectivity index (χ3v) is 5.87. The Labute approximate surface area is 191 Å². The number of pyridine rings is 2. The molecule has 0 amide bonds. The molecule has 5 rings (SSSR count). The molecule has 5 heteroatoms. The Balaban J connectivity index is 1.85. The molecule has 0 aliphatic heterocycles. The predicted octanol–water partition coefficient (Wildman–Crippen LogP) is 4.67. The van der Waals surface area contributed by atoms with Gasteiger partial charge in [0.2, 0.25) is 0 Å². The second-order valence-electron chi connectivity index (χ2n) is 7.83. The minimum atomic E-state index is -0.174. The van der Waals surface area contributed by atoms with Crippen LogP contribution in [0.15, 0.2) is 95.9 Å². The van der Waals surface area contributed by atoms with Crippen molar-refractivity contribution >= 4 is 10.9 Å². The van der Waals surface area contributed by atoms with E-state index in [-0.39, 0.29) is 5.56 Å². The molecule has 5 aromatic rings. The van der Waals surface area contributed by atoms with Gasteiger partial charge in [0.15, 0.2) is 0 Å². The van der Waals surface area contributed by atoms with E-state index in [0.29, 0.717) is 10.9 Å². The molecule has 5 nitrogen and oxygen atoms in total. The first kappa shape index (κ1) is 20.7. The maximum Gasteiger partial charge on any atom is 0.257 e. The van der Waals surface area contributed by atoms with Crippen molar-refractivity contribution < 1.29 is 10.5 Å². The number of aromatic amines is 1. The summed E-state index contributed by atoms with van der Waals surface area (Å²) in [6.07, 6.45) is 1.72. The summed E-state index contributed by atoms with van der Waals surface area (Å²) in [5.41, 5.74) is 11.0. The van der Waals surface area contributed by atoms with Gasteiger partial charge in [0.1, 0.15) is 5.75 Å². The lowest BCUT2D eigenvalue weighted by molar-refractivity contribution is -0.386. The lowest BCUT2D eigenvalue weighted by Gasteiger charge is -2.15. The van der Waals surface area contributed by atoms with Gasteiger partial charge in [0, 0.05) is 34.0 Å². The van der Waals surface area contributed by atoms with Crippen LogP contribution < -0.4 is 16.0 Å². The summed E-state index contributed by atoms with van der Waals surface area (Å²) in [5, 5.41) is 0.537. The number of rotatable bonds is 5. The van der Waals surface area contributed by atoms with Crippen molar-refractivity contribution in [3.05, 3.63) is 107 Å². The molecule has 0 fully saturated rings. The number of para-hydroxylation sites is 1. The number of H-pyrrole nitrogens is 1. The van der Waals surface area contributed by atoms with Gasteiger partial charge in [-0.25, -0.2) is 4.98 Å². The fraction of sp³-hybridized carbons (Fsp3) is 0.0714. The predicted molar refractivity (Wildman–Crippen MR) is 132 cm³/mol. The van der Waals surface area contributed by atoms with Crippen LogP contribution in [0.4, 0.5) is 0 Å². The molecule has 0 spiro atoms. The minimum Gasteiger partial charge on any atom is -0.496 e. The number of ether oxygens (including phenoxy) is 1. The van der Waals surface area contributed by atoms with E-state index in [2.05, 4.69) is 35.0 Å². The number of nitrogens with zero attached hydrogens (tertiary/aromatic N) is 1.